The Labute approximate surface area is 93.7 Å². The van der Waals surface area contributed by atoms with Crippen LogP contribution >= 0.6 is 0 Å². The predicted molar refractivity (Wildman–Crippen MR) is 66.3 cm³/mol. The molecule has 2 rings (SSSR count). The second kappa shape index (κ2) is 3.37. The Bertz CT molecular complexity index is 356. The van der Waals surface area contributed by atoms with E-state index in [1.54, 1.807) is 11.1 Å². The fourth-order valence-electron chi connectivity index (χ4n) is 3.45. The van der Waals surface area contributed by atoms with Crippen molar-refractivity contribution in [3.63, 3.8) is 0 Å². The van der Waals surface area contributed by atoms with Gasteiger partial charge in [-0.05, 0) is 41.2 Å². The monoisotopic (exact) mass is 202 g/mol. The van der Waals surface area contributed by atoms with E-state index >= 15 is 0 Å². The Morgan fingerprint density at radius 3 is 2.07 bits per heavy atom. The number of hydrogen-bond acceptors (Lipinski definition) is 0. The molecule has 1 aliphatic carbocycles. The van der Waals surface area contributed by atoms with Crippen LogP contribution in [0.25, 0.3) is 0 Å². The van der Waals surface area contributed by atoms with Gasteiger partial charge in [0.15, 0.2) is 0 Å². The van der Waals surface area contributed by atoms with Crippen molar-refractivity contribution in [3.05, 3.63) is 35.4 Å². The third kappa shape index (κ3) is 1.42. The van der Waals surface area contributed by atoms with E-state index in [0.717, 1.165) is 0 Å². The highest BCUT2D eigenvalue weighted by molar-refractivity contribution is 5.45. The summed E-state index contributed by atoms with van der Waals surface area (Å²) in [7, 11) is 0. The first-order chi connectivity index (χ1) is 7.06. The molecule has 0 aliphatic heterocycles. The van der Waals surface area contributed by atoms with E-state index in [9.17, 15) is 0 Å². The molecule has 0 heterocycles. The third-order valence-corrected chi connectivity index (χ3v) is 4.36. The van der Waals surface area contributed by atoms with E-state index in [2.05, 4.69) is 52.0 Å². The third-order valence-electron chi connectivity index (χ3n) is 4.36. The summed E-state index contributed by atoms with van der Waals surface area (Å²) in [5.74, 6) is 0. The Morgan fingerprint density at radius 1 is 1.00 bits per heavy atom. The van der Waals surface area contributed by atoms with Crippen LogP contribution in [0, 0.1) is 0 Å². The second-order valence-electron chi connectivity index (χ2n) is 5.59. The Kier molecular flexibility index (Phi) is 2.41. The maximum Gasteiger partial charge on any atom is -0.00410 e. The molecule has 0 aromatic heterocycles. The average molecular weight is 202 g/mol. The molecule has 1 aromatic rings. The standard InChI is InChI=1S/C15H22/c1-5-15(6-2)11-14(3,4)12-9-7-8-10-13(12)15/h7-10H,5-6,11H2,1-4H3. The maximum atomic E-state index is 2.39. The van der Waals surface area contributed by atoms with Crippen molar-refractivity contribution in [2.75, 3.05) is 0 Å². The SMILES string of the molecule is CCC1(CC)CC(C)(C)c2ccccc21. The molecule has 0 heteroatoms. The van der Waals surface area contributed by atoms with Crippen molar-refractivity contribution in [1.82, 2.24) is 0 Å². The van der Waals surface area contributed by atoms with Gasteiger partial charge in [-0.1, -0.05) is 52.0 Å². The molecule has 1 aromatic carbocycles. The zero-order chi connectivity index (χ0) is 11.1. The molecule has 0 spiro atoms. The normalized spacial score (nSPS) is 21.3. The largest absolute Gasteiger partial charge is 0.0645 e. The fraction of sp³-hybridized carbons (Fsp3) is 0.600. The molecule has 0 fully saturated rings. The van der Waals surface area contributed by atoms with Crippen molar-refractivity contribution >= 4 is 0 Å². The maximum absolute atomic E-state index is 2.39. The van der Waals surface area contributed by atoms with Gasteiger partial charge in [-0.25, -0.2) is 0 Å². The van der Waals surface area contributed by atoms with E-state index in [1.807, 2.05) is 0 Å². The minimum absolute atomic E-state index is 0.364. The van der Waals surface area contributed by atoms with Crippen molar-refractivity contribution < 1.29 is 0 Å². The van der Waals surface area contributed by atoms with Gasteiger partial charge in [0.25, 0.3) is 0 Å². The molecular formula is C15H22. The summed E-state index contributed by atoms with van der Waals surface area (Å²) < 4.78 is 0. The van der Waals surface area contributed by atoms with Crippen LogP contribution in [0.1, 0.15) is 58.1 Å². The zero-order valence-corrected chi connectivity index (χ0v) is 10.4. The minimum atomic E-state index is 0.364. The Morgan fingerprint density at radius 2 is 1.53 bits per heavy atom. The Hall–Kier alpha value is -0.780. The van der Waals surface area contributed by atoms with Crippen molar-refractivity contribution in [2.45, 2.75) is 57.8 Å². The molecule has 0 unspecified atom stereocenters. The van der Waals surface area contributed by atoms with Crippen LogP contribution in [0.3, 0.4) is 0 Å². The molecule has 0 saturated heterocycles. The average Bonchev–Trinajstić information content (AvgIpc) is 2.49. The molecular weight excluding hydrogens is 180 g/mol. The lowest BCUT2D eigenvalue weighted by molar-refractivity contribution is 0.329. The van der Waals surface area contributed by atoms with Crippen molar-refractivity contribution in [2.24, 2.45) is 0 Å². The number of benzene rings is 1. The summed E-state index contributed by atoms with van der Waals surface area (Å²) in [6, 6.07) is 9.04. The quantitative estimate of drug-likeness (QED) is 0.665. The van der Waals surface area contributed by atoms with Gasteiger partial charge in [-0.3, -0.25) is 0 Å². The van der Waals surface area contributed by atoms with Gasteiger partial charge >= 0.3 is 0 Å². The highest BCUT2D eigenvalue weighted by Crippen LogP contribution is 2.52. The highest BCUT2D eigenvalue weighted by Gasteiger charge is 2.44. The van der Waals surface area contributed by atoms with E-state index in [-0.39, 0.29) is 0 Å². The molecule has 0 saturated carbocycles. The molecule has 0 radical (unpaired) electrons. The zero-order valence-electron chi connectivity index (χ0n) is 10.4. The molecule has 0 amide bonds. The minimum Gasteiger partial charge on any atom is -0.0645 e. The summed E-state index contributed by atoms with van der Waals surface area (Å²) in [5, 5.41) is 0. The highest BCUT2D eigenvalue weighted by atomic mass is 14.5. The summed E-state index contributed by atoms with van der Waals surface area (Å²) in [6.07, 6.45) is 3.85. The van der Waals surface area contributed by atoms with E-state index in [0.29, 0.717) is 10.8 Å². The molecule has 0 N–H and O–H groups in total. The Balaban J connectivity index is 2.60. The second-order valence-corrected chi connectivity index (χ2v) is 5.59. The molecule has 15 heavy (non-hydrogen) atoms. The van der Waals surface area contributed by atoms with Crippen LogP contribution in [0.4, 0.5) is 0 Å². The van der Waals surface area contributed by atoms with Crippen LogP contribution < -0.4 is 0 Å². The first kappa shape index (κ1) is 10.7. The molecule has 0 bridgehead atoms. The van der Waals surface area contributed by atoms with Gasteiger partial charge in [0.05, 0.1) is 0 Å². The smallest absolute Gasteiger partial charge is 0.00410 e. The summed E-state index contributed by atoms with van der Waals surface area (Å²) >= 11 is 0. The molecule has 82 valence electrons. The van der Waals surface area contributed by atoms with Gasteiger partial charge in [-0.2, -0.15) is 0 Å². The van der Waals surface area contributed by atoms with Crippen LogP contribution in [0.15, 0.2) is 24.3 Å². The van der Waals surface area contributed by atoms with Gasteiger partial charge in [0, 0.05) is 0 Å². The van der Waals surface area contributed by atoms with Crippen LogP contribution in [-0.2, 0) is 10.8 Å². The molecule has 0 nitrogen and oxygen atoms in total. The van der Waals surface area contributed by atoms with Crippen LogP contribution in [0.5, 0.6) is 0 Å². The van der Waals surface area contributed by atoms with Gasteiger partial charge in [0.2, 0.25) is 0 Å². The summed E-state index contributed by atoms with van der Waals surface area (Å²) in [5.41, 5.74) is 4.00. The van der Waals surface area contributed by atoms with E-state index in [1.165, 1.54) is 19.3 Å². The number of fused-ring (bicyclic) bond motifs is 1. The molecule has 0 atom stereocenters. The fourth-order valence-corrected chi connectivity index (χ4v) is 3.45. The van der Waals surface area contributed by atoms with Gasteiger partial charge in [-0.15, -0.1) is 0 Å². The van der Waals surface area contributed by atoms with Gasteiger partial charge < -0.3 is 0 Å². The number of rotatable bonds is 2. The first-order valence-electron chi connectivity index (χ1n) is 6.16. The first-order valence-corrected chi connectivity index (χ1v) is 6.16. The lowest BCUT2D eigenvalue weighted by Crippen LogP contribution is -2.23. The predicted octanol–water partition coefficient (Wildman–Crippen LogP) is 4.43. The van der Waals surface area contributed by atoms with Crippen molar-refractivity contribution in [3.8, 4) is 0 Å². The van der Waals surface area contributed by atoms with E-state index < -0.39 is 0 Å². The summed E-state index contributed by atoms with van der Waals surface area (Å²) in [4.78, 5) is 0. The van der Waals surface area contributed by atoms with Crippen LogP contribution in [-0.4, -0.2) is 0 Å². The van der Waals surface area contributed by atoms with Gasteiger partial charge in [0.1, 0.15) is 0 Å². The summed E-state index contributed by atoms with van der Waals surface area (Å²) in [6.45, 7) is 9.45. The topological polar surface area (TPSA) is 0 Å². The van der Waals surface area contributed by atoms with E-state index in [4.69, 9.17) is 0 Å². The number of hydrogen-bond donors (Lipinski definition) is 0. The van der Waals surface area contributed by atoms with Crippen LogP contribution in [0.2, 0.25) is 0 Å². The lowest BCUT2D eigenvalue weighted by atomic mass is 9.75. The molecule has 1 aliphatic rings. The van der Waals surface area contributed by atoms with Crippen molar-refractivity contribution in [1.29, 1.82) is 0 Å². The lowest BCUT2D eigenvalue weighted by Gasteiger charge is -2.29.